The Morgan fingerprint density at radius 2 is 1.87 bits per heavy atom. The molecule has 0 saturated heterocycles. The van der Waals surface area contributed by atoms with Crippen LogP contribution in [0.5, 0.6) is 11.5 Å². The largest absolute Gasteiger partial charge is 0.496 e. The SMILES string of the molecule is COc1ccc(/C=C/C(=O)c2ccc(Cl)s2)cc1COc1cc(C)c(Cl)cc1C(C)C. The number of thiophene rings is 1. The molecule has 3 rings (SSSR count). The van der Waals surface area contributed by atoms with Gasteiger partial charge in [-0.2, -0.15) is 0 Å². The monoisotopic (exact) mass is 474 g/mol. The Morgan fingerprint density at radius 3 is 2.52 bits per heavy atom. The van der Waals surface area contributed by atoms with Gasteiger partial charge in [0.2, 0.25) is 0 Å². The molecule has 0 radical (unpaired) electrons. The summed E-state index contributed by atoms with van der Waals surface area (Å²) >= 11 is 13.5. The molecule has 0 amide bonds. The van der Waals surface area contributed by atoms with Crippen molar-refractivity contribution in [3.8, 4) is 11.5 Å². The zero-order valence-corrected chi connectivity index (χ0v) is 20.2. The molecule has 0 N–H and O–H groups in total. The van der Waals surface area contributed by atoms with Crippen molar-refractivity contribution in [2.45, 2.75) is 33.3 Å². The van der Waals surface area contributed by atoms with Gasteiger partial charge in [0.15, 0.2) is 5.78 Å². The third kappa shape index (κ3) is 5.91. The van der Waals surface area contributed by atoms with Crippen molar-refractivity contribution in [3.05, 3.63) is 85.0 Å². The maximum absolute atomic E-state index is 12.3. The Hall–Kier alpha value is -2.27. The minimum Gasteiger partial charge on any atom is -0.496 e. The van der Waals surface area contributed by atoms with E-state index in [1.165, 1.54) is 11.3 Å². The number of rotatable bonds is 8. The minimum atomic E-state index is -0.0799. The van der Waals surface area contributed by atoms with Crippen LogP contribution in [-0.4, -0.2) is 12.9 Å². The summed E-state index contributed by atoms with van der Waals surface area (Å²) in [4.78, 5) is 12.9. The predicted octanol–water partition coefficient (Wildman–Crippen LogP) is 7.97. The molecule has 0 unspecified atom stereocenters. The summed E-state index contributed by atoms with van der Waals surface area (Å²) in [5, 5.41) is 0.734. The van der Waals surface area contributed by atoms with Crippen molar-refractivity contribution in [2.75, 3.05) is 7.11 Å². The Balaban J connectivity index is 1.81. The van der Waals surface area contributed by atoms with E-state index >= 15 is 0 Å². The lowest BCUT2D eigenvalue weighted by Gasteiger charge is -2.17. The maximum atomic E-state index is 12.3. The summed E-state index contributed by atoms with van der Waals surface area (Å²) in [6.07, 6.45) is 3.33. The first-order valence-electron chi connectivity index (χ1n) is 9.86. The van der Waals surface area contributed by atoms with Crippen LogP contribution in [0.3, 0.4) is 0 Å². The fourth-order valence-corrected chi connectivity index (χ4v) is 4.25. The number of halogens is 2. The Morgan fingerprint density at radius 1 is 1.10 bits per heavy atom. The lowest BCUT2D eigenvalue weighted by molar-refractivity contribution is 0.105. The van der Waals surface area contributed by atoms with Crippen molar-refractivity contribution in [1.82, 2.24) is 0 Å². The first-order valence-corrected chi connectivity index (χ1v) is 11.4. The van der Waals surface area contributed by atoms with Crippen LogP contribution in [0.4, 0.5) is 0 Å². The van der Waals surface area contributed by atoms with E-state index in [9.17, 15) is 4.79 Å². The molecule has 0 fully saturated rings. The summed E-state index contributed by atoms with van der Waals surface area (Å²) in [6.45, 7) is 6.51. The topological polar surface area (TPSA) is 35.5 Å². The molecular weight excluding hydrogens is 451 g/mol. The van der Waals surface area contributed by atoms with Gasteiger partial charge in [-0.05, 0) is 72.0 Å². The Kier molecular flexibility index (Phi) is 7.82. The van der Waals surface area contributed by atoms with Crippen LogP contribution < -0.4 is 9.47 Å². The van der Waals surface area contributed by atoms with Crippen LogP contribution in [0.25, 0.3) is 6.08 Å². The van der Waals surface area contributed by atoms with E-state index in [-0.39, 0.29) is 11.7 Å². The third-order valence-corrected chi connectivity index (χ3v) is 6.50. The van der Waals surface area contributed by atoms with Gasteiger partial charge in [-0.15, -0.1) is 11.3 Å². The van der Waals surface area contributed by atoms with E-state index in [0.29, 0.717) is 15.8 Å². The van der Waals surface area contributed by atoms with Crippen LogP contribution >= 0.6 is 34.5 Å². The average molecular weight is 475 g/mol. The second-order valence-corrected chi connectivity index (χ2v) is 9.58. The van der Waals surface area contributed by atoms with Crippen LogP contribution in [0, 0.1) is 6.92 Å². The molecule has 162 valence electrons. The fourth-order valence-electron chi connectivity index (χ4n) is 3.12. The van der Waals surface area contributed by atoms with Gasteiger partial charge in [0, 0.05) is 10.6 Å². The molecule has 1 aromatic heterocycles. The van der Waals surface area contributed by atoms with Gasteiger partial charge in [0.25, 0.3) is 0 Å². The third-order valence-electron chi connectivity index (χ3n) is 4.84. The zero-order chi connectivity index (χ0) is 22.5. The number of ketones is 1. The van der Waals surface area contributed by atoms with Gasteiger partial charge >= 0.3 is 0 Å². The van der Waals surface area contributed by atoms with Crippen molar-refractivity contribution >= 4 is 46.4 Å². The molecular formula is C25H24Cl2O3S. The number of allylic oxidation sites excluding steroid dienone is 1. The standard InChI is InChI=1S/C25H24Cl2O3S/c1-15(2)19-13-20(26)16(3)11-23(19)30-14-18-12-17(6-8-22(18)29-4)5-7-21(28)24-9-10-25(27)31-24/h5-13,15H,14H2,1-4H3/b7-5+. The van der Waals surface area contributed by atoms with E-state index in [4.69, 9.17) is 32.7 Å². The van der Waals surface area contributed by atoms with Crippen LogP contribution in [0.15, 0.2) is 48.5 Å². The number of hydrogen-bond donors (Lipinski definition) is 0. The molecule has 0 aliphatic heterocycles. The van der Waals surface area contributed by atoms with Crippen molar-refractivity contribution in [1.29, 1.82) is 0 Å². The number of aryl methyl sites for hydroxylation is 1. The average Bonchev–Trinajstić information content (AvgIpc) is 3.18. The predicted molar refractivity (Wildman–Crippen MR) is 130 cm³/mol. The highest BCUT2D eigenvalue weighted by atomic mass is 35.5. The minimum absolute atomic E-state index is 0.0799. The number of carbonyl (C=O) groups excluding carboxylic acids is 1. The normalized spacial score (nSPS) is 11.3. The van der Waals surface area contributed by atoms with Crippen LogP contribution in [0.2, 0.25) is 9.36 Å². The van der Waals surface area contributed by atoms with E-state index in [0.717, 1.165) is 38.8 Å². The zero-order valence-electron chi connectivity index (χ0n) is 17.9. The molecule has 0 aliphatic carbocycles. The van der Waals surface area contributed by atoms with Gasteiger partial charge in [0.1, 0.15) is 18.1 Å². The molecule has 3 nitrogen and oxygen atoms in total. The highest BCUT2D eigenvalue weighted by Gasteiger charge is 2.13. The van der Waals surface area contributed by atoms with Gasteiger partial charge in [-0.25, -0.2) is 0 Å². The lowest BCUT2D eigenvalue weighted by Crippen LogP contribution is -2.03. The summed E-state index contributed by atoms with van der Waals surface area (Å²) in [5.41, 5.74) is 3.80. The van der Waals surface area contributed by atoms with Gasteiger partial charge in [0.05, 0.1) is 16.3 Å². The molecule has 0 saturated carbocycles. The second-order valence-electron chi connectivity index (χ2n) is 7.46. The number of benzene rings is 2. The molecule has 0 spiro atoms. The second kappa shape index (κ2) is 10.4. The van der Waals surface area contributed by atoms with E-state index in [1.807, 2.05) is 37.3 Å². The lowest BCUT2D eigenvalue weighted by atomic mass is 10.0. The molecule has 31 heavy (non-hydrogen) atoms. The van der Waals surface area contributed by atoms with E-state index in [2.05, 4.69) is 13.8 Å². The Labute approximate surface area is 197 Å². The van der Waals surface area contributed by atoms with Gasteiger partial charge < -0.3 is 9.47 Å². The van der Waals surface area contributed by atoms with Gasteiger partial charge in [-0.3, -0.25) is 4.79 Å². The molecule has 0 bridgehead atoms. The number of ether oxygens (including phenoxy) is 2. The van der Waals surface area contributed by atoms with Crippen molar-refractivity contribution in [3.63, 3.8) is 0 Å². The summed E-state index contributed by atoms with van der Waals surface area (Å²) in [7, 11) is 1.63. The first-order chi connectivity index (χ1) is 14.8. The van der Waals surface area contributed by atoms with E-state index in [1.54, 1.807) is 31.4 Å². The first kappa shape index (κ1) is 23.4. The van der Waals surface area contributed by atoms with Crippen molar-refractivity contribution < 1.29 is 14.3 Å². The Bertz CT molecular complexity index is 1120. The molecule has 0 atom stereocenters. The number of carbonyl (C=O) groups is 1. The molecule has 6 heteroatoms. The maximum Gasteiger partial charge on any atom is 0.195 e. The smallest absolute Gasteiger partial charge is 0.195 e. The quantitative estimate of drug-likeness (QED) is 0.245. The summed E-state index contributed by atoms with van der Waals surface area (Å²) in [5.74, 6) is 1.74. The summed E-state index contributed by atoms with van der Waals surface area (Å²) in [6, 6.07) is 13.1. The highest BCUT2D eigenvalue weighted by molar-refractivity contribution is 7.18. The van der Waals surface area contributed by atoms with Crippen LogP contribution in [-0.2, 0) is 6.61 Å². The van der Waals surface area contributed by atoms with Crippen LogP contribution in [0.1, 0.15) is 51.7 Å². The fraction of sp³-hybridized carbons (Fsp3) is 0.240. The van der Waals surface area contributed by atoms with Gasteiger partial charge in [-0.1, -0.05) is 49.2 Å². The molecule has 0 aliphatic rings. The summed E-state index contributed by atoms with van der Waals surface area (Å²) < 4.78 is 12.3. The number of hydrogen-bond acceptors (Lipinski definition) is 4. The molecule has 3 aromatic rings. The molecule has 2 aromatic carbocycles. The number of methoxy groups -OCH3 is 1. The van der Waals surface area contributed by atoms with Crippen molar-refractivity contribution in [2.24, 2.45) is 0 Å². The highest BCUT2D eigenvalue weighted by Crippen LogP contribution is 2.33. The van der Waals surface area contributed by atoms with E-state index < -0.39 is 0 Å². The molecule has 1 heterocycles.